The van der Waals surface area contributed by atoms with E-state index in [1.807, 2.05) is 26.8 Å². The first-order chi connectivity index (χ1) is 16.4. The molecule has 0 spiro atoms. The molecule has 0 saturated carbocycles. The quantitative estimate of drug-likeness (QED) is 0.318. The first kappa shape index (κ1) is 31.9. The van der Waals surface area contributed by atoms with Crippen LogP contribution < -0.4 is 5.32 Å². The highest BCUT2D eigenvalue weighted by molar-refractivity contribution is 8.29. The fourth-order valence-corrected chi connectivity index (χ4v) is 4.39. The SMILES string of the molecule is CCOC(=O)c1cn2nc(CCC(C)(C)OS(C)(C)C(C)(C)C)cc2cc1NC=O.COC(C)(C)C. The lowest BCUT2D eigenvalue weighted by Gasteiger charge is -2.48. The molecule has 0 bridgehead atoms. The molecule has 0 fully saturated rings. The minimum absolute atomic E-state index is 0.0417. The number of anilines is 1. The monoisotopic (exact) mass is 525 g/mol. The lowest BCUT2D eigenvalue weighted by molar-refractivity contribution is -0.105. The molecule has 0 atom stereocenters. The zero-order valence-corrected chi connectivity index (χ0v) is 25.1. The third kappa shape index (κ3) is 9.75. The van der Waals surface area contributed by atoms with Gasteiger partial charge in [0.05, 0.1) is 34.7 Å². The number of pyridine rings is 1. The van der Waals surface area contributed by atoms with Crippen molar-refractivity contribution >= 4 is 33.9 Å². The van der Waals surface area contributed by atoms with E-state index in [0.29, 0.717) is 12.1 Å². The van der Waals surface area contributed by atoms with E-state index < -0.39 is 16.3 Å². The van der Waals surface area contributed by atoms with Crippen molar-refractivity contribution in [1.82, 2.24) is 9.61 Å². The second-order valence-corrected chi connectivity index (χ2v) is 15.5. The smallest absolute Gasteiger partial charge is 0.341 e. The molecule has 0 saturated heterocycles. The Balaban J connectivity index is 0.000000960. The molecule has 0 aromatic carbocycles. The third-order valence-electron chi connectivity index (χ3n) is 5.86. The maximum atomic E-state index is 12.2. The molecule has 0 radical (unpaired) electrons. The summed E-state index contributed by atoms with van der Waals surface area (Å²) in [5, 5.41) is 7.18. The highest BCUT2D eigenvalue weighted by Crippen LogP contribution is 2.56. The van der Waals surface area contributed by atoms with Crippen molar-refractivity contribution in [3.8, 4) is 0 Å². The fourth-order valence-electron chi connectivity index (χ4n) is 2.93. The molecular formula is C27H47N3O5S. The summed E-state index contributed by atoms with van der Waals surface area (Å²) < 4.78 is 18.3. The molecule has 2 heterocycles. The number of carbonyl (C=O) groups excluding carboxylic acids is 2. The zero-order chi connectivity index (χ0) is 27.9. The van der Waals surface area contributed by atoms with E-state index >= 15 is 0 Å². The number of nitrogens with one attached hydrogen (secondary N) is 1. The van der Waals surface area contributed by atoms with E-state index in [1.165, 1.54) is 0 Å². The first-order valence-electron chi connectivity index (χ1n) is 12.2. The summed E-state index contributed by atoms with van der Waals surface area (Å²) in [6.07, 6.45) is 8.10. The van der Waals surface area contributed by atoms with Crippen LogP contribution in [0.5, 0.6) is 0 Å². The van der Waals surface area contributed by atoms with Gasteiger partial charge >= 0.3 is 5.97 Å². The van der Waals surface area contributed by atoms with Crippen LogP contribution in [0.1, 0.15) is 84.8 Å². The molecular weight excluding hydrogens is 478 g/mol. The summed E-state index contributed by atoms with van der Waals surface area (Å²) in [4.78, 5) is 23.2. The van der Waals surface area contributed by atoms with Gasteiger partial charge in [-0.2, -0.15) is 5.10 Å². The van der Waals surface area contributed by atoms with Crippen LogP contribution in [-0.4, -0.2) is 64.2 Å². The van der Waals surface area contributed by atoms with Gasteiger partial charge in [0.1, 0.15) is 5.56 Å². The molecule has 2 rings (SSSR count). The van der Waals surface area contributed by atoms with Crippen LogP contribution in [0.2, 0.25) is 0 Å². The molecule has 206 valence electrons. The molecule has 1 amide bonds. The molecule has 2 aromatic rings. The summed E-state index contributed by atoms with van der Waals surface area (Å²) in [5.74, 6) is -0.497. The van der Waals surface area contributed by atoms with E-state index in [2.05, 4.69) is 57.5 Å². The number of fused-ring (bicyclic) bond motifs is 1. The van der Waals surface area contributed by atoms with Gasteiger partial charge in [0.2, 0.25) is 6.41 Å². The molecule has 0 aliphatic rings. The van der Waals surface area contributed by atoms with Crippen molar-refractivity contribution in [1.29, 1.82) is 0 Å². The van der Waals surface area contributed by atoms with Gasteiger partial charge in [0.25, 0.3) is 0 Å². The number of carbonyl (C=O) groups is 2. The second kappa shape index (κ2) is 12.4. The normalized spacial score (nSPS) is 13.1. The Kier molecular flexibility index (Phi) is 11.0. The fraction of sp³-hybridized carbons (Fsp3) is 0.667. The van der Waals surface area contributed by atoms with Crippen molar-refractivity contribution in [2.75, 3.05) is 31.5 Å². The topological polar surface area (TPSA) is 91.2 Å². The van der Waals surface area contributed by atoms with E-state index in [9.17, 15) is 9.59 Å². The number of methoxy groups -OCH3 is 1. The molecule has 1 N–H and O–H groups in total. The van der Waals surface area contributed by atoms with Crippen molar-refractivity contribution in [3.63, 3.8) is 0 Å². The van der Waals surface area contributed by atoms with Gasteiger partial charge in [-0.1, -0.05) is 20.8 Å². The molecule has 9 heteroatoms. The Morgan fingerprint density at radius 3 is 2.17 bits per heavy atom. The van der Waals surface area contributed by atoms with Gasteiger partial charge in [-0.15, -0.1) is 10.3 Å². The van der Waals surface area contributed by atoms with Gasteiger partial charge in [-0.25, -0.2) is 9.31 Å². The molecule has 0 aliphatic carbocycles. The second-order valence-electron chi connectivity index (χ2n) is 11.6. The van der Waals surface area contributed by atoms with Gasteiger partial charge in [0.15, 0.2) is 0 Å². The summed E-state index contributed by atoms with van der Waals surface area (Å²) >= 11 is 0. The van der Waals surface area contributed by atoms with Crippen molar-refractivity contribution in [2.45, 2.75) is 91.1 Å². The van der Waals surface area contributed by atoms with Gasteiger partial charge in [-0.05, 0) is 79.0 Å². The minimum Gasteiger partial charge on any atom is -0.462 e. The number of hydrogen-bond donors (Lipinski definition) is 1. The lowest BCUT2D eigenvalue weighted by Crippen LogP contribution is -2.34. The standard InChI is InChI=1S/C22H35N3O4S.C5H12O/c1-9-28-20(27)18-14-25-17(13-19(18)23-15-26)12-16(24-25)10-11-22(5,6)29-30(7,8)21(2,3)4;1-5(2,3)6-4/h12-15H,9-11H2,1-8H3,(H,23,26);1-4H3. The summed E-state index contributed by atoms with van der Waals surface area (Å²) in [7, 11) is 0.473. The minimum atomic E-state index is -1.24. The predicted molar refractivity (Wildman–Crippen MR) is 150 cm³/mol. The zero-order valence-electron chi connectivity index (χ0n) is 24.3. The van der Waals surface area contributed by atoms with Gasteiger partial charge < -0.3 is 19.0 Å². The highest BCUT2D eigenvalue weighted by Gasteiger charge is 2.34. The molecule has 2 aromatic heterocycles. The maximum absolute atomic E-state index is 12.2. The number of amides is 1. The Morgan fingerprint density at radius 2 is 1.69 bits per heavy atom. The number of nitrogens with zero attached hydrogens (tertiary/aromatic N) is 2. The Labute approximate surface area is 219 Å². The summed E-state index contributed by atoms with van der Waals surface area (Å²) in [6, 6.07) is 3.69. The number of rotatable bonds is 9. The number of esters is 1. The van der Waals surface area contributed by atoms with Crippen molar-refractivity contribution < 1.29 is 23.2 Å². The maximum Gasteiger partial charge on any atom is 0.341 e. The van der Waals surface area contributed by atoms with E-state index in [0.717, 1.165) is 24.1 Å². The average Bonchev–Trinajstić information content (AvgIpc) is 3.12. The van der Waals surface area contributed by atoms with Crippen LogP contribution in [0.3, 0.4) is 0 Å². The van der Waals surface area contributed by atoms with Crippen molar-refractivity contribution in [2.24, 2.45) is 0 Å². The van der Waals surface area contributed by atoms with Crippen LogP contribution >= 0.6 is 10.3 Å². The Bertz CT molecular complexity index is 1020. The van der Waals surface area contributed by atoms with Gasteiger partial charge in [0, 0.05) is 18.1 Å². The Hall–Kier alpha value is -2.10. The molecule has 8 nitrogen and oxygen atoms in total. The molecule has 0 unspecified atom stereocenters. The van der Waals surface area contributed by atoms with Crippen LogP contribution in [0.15, 0.2) is 18.3 Å². The first-order valence-corrected chi connectivity index (χ1v) is 14.6. The molecule has 0 aliphatic heterocycles. The number of aromatic nitrogens is 2. The molecule has 36 heavy (non-hydrogen) atoms. The largest absolute Gasteiger partial charge is 0.462 e. The van der Waals surface area contributed by atoms with Gasteiger partial charge in [-0.3, -0.25) is 4.79 Å². The predicted octanol–water partition coefficient (Wildman–Crippen LogP) is 6.02. The number of ether oxygens (including phenoxy) is 2. The third-order valence-corrected chi connectivity index (χ3v) is 9.68. The number of aryl methyl sites for hydroxylation is 1. The summed E-state index contributed by atoms with van der Waals surface area (Å²) in [6.45, 7) is 18.9. The Morgan fingerprint density at radius 1 is 1.11 bits per heavy atom. The summed E-state index contributed by atoms with van der Waals surface area (Å²) in [5.41, 5.74) is 2.12. The number of hydrogen-bond acceptors (Lipinski definition) is 6. The van der Waals surface area contributed by atoms with Crippen LogP contribution in [0.4, 0.5) is 5.69 Å². The van der Waals surface area contributed by atoms with E-state index in [-0.39, 0.29) is 28.1 Å². The van der Waals surface area contributed by atoms with E-state index in [4.69, 9.17) is 13.7 Å². The highest BCUT2D eigenvalue weighted by atomic mass is 32.3. The van der Waals surface area contributed by atoms with E-state index in [1.54, 1.807) is 30.8 Å². The van der Waals surface area contributed by atoms with Crippen LogP contribution in [0.25, 0.3) is 5.52 Å². The van der Waals surface area contributed by atoms with Crippen LogP contribution in [0, 0.1) is 0 Å². The lowest BCUT2D eigenvalue weighted by atomic mass is 10.0. The van der Waals surface area contributed by atoms with Crippen LogP contribution in [-0.2, 0) is 24.9 Å². The average molecular weight is 526 g/mol. The van der Waals surface area contributed by atoms with Crippen molar-refractivity contribution in [3.05, 3.63) is 29.6 Å².